The van der Waals surface area contributed by atoms with Crippen LogP contribution in [0.2, 0.25) is 0 Å². The maximum absolute atomic E-state index is 10.6. The van der Waals surface area contributed by atoms with E-state index in [0.717, 1.165) is 32.2 Å². The quantitative estimate of drug-likeness (QED) is 0.394. The van der Waals surface area contributed by atoms with Gasteiger partial charge < -0.3 is 15.3 Å². The van der Waals surface area contributed by atoms with Gasteiger partial charge in [0.15, 0.2) is 0 Å². The van der Waals surface area contributed by atoms with Crippen LogP contribution in [-0.2, 0) is 14.4 Å². The second-order valence-corrected chi connectivity index (χ2v) is 5.17. The van der Waals surface area contributed by atoms with Crippen molar-refractivity contribution < 1.29 is 29.7 Å². The van der Waals surface area contributed by atoms with Crippen LogP contribution >= 0.6 is 0 Å². The summed E-state index contributed by atoms with van der Waals surface area (Å²) in [5.41, 5.74) is 0. The lowest BCUT2D eigenvalue weighted by Crippen LogP contribution is -2.35. The van der Waals surface area contributed by atoms with Gasteiger partial charge in [-0.15, -0.1) is 0 Å². The van der Waals surface area contributed by atoms with Gasteiger partial charge in [0.1, 0.15) is 0 Å². The molecule has 0 unspecified atom stereocenters. The Morgan fingerprint density at radius 2 is 1.05 bits per heavy atom. The summed E-state index contributed by atoms with van der Waals surface area (Å²) < 4.78 is 0. The van der Waals surface area contributed by atoms with Gasteiger partial charge in [-0.2, -0.15) is 0 Å². The summed E-state index contributed by atoms with van der Waals surface area (Å²) in [4.78, 5) is 35.1. The van der Waals surface area contributed by atoms with E-state index in [0.29, 0.717) is 13.1 Å². The topological polar surface area (TPSA) is 118 Å². The molecule has 0 saturated carbocycles. The van der Waals surface area contributed by atoms with Crippen molar-refractivity contribution in [1.82, 2.24) is 9.80 Å². The van der Waals surface area contributed by atoms with E-state index in [-0.39, 0.29) is 19.6 Å². The zero-order chi connectivity index (χ0) is 17.0. The molecule has 0 bridgehead atoms. The standard InChI is InChI=1S/C14H26N2O6/c1-2-15(9-12(17)18)7-5-3-4-6-8-16(10-13(19)20)11-14(21)22/h2-11H2,1H3,(H,17,18)(H,19,20)(H,21,22). The van der Waals surface area contributed by atoms with E-state index >= 15 is 0 Å². The number of nitrogens with zero attached hydrogens (tertiary/aromatic N) is 2. The molecule has 0 fully saturated rings. The third-order valence-electron chi connectivity index (χ3n) is 3.22. The molecule has 0 rings (SSSR count). The number of hydrogen-bond acceptors (Lipinski definition) is 5. The average molecular weight is 318 g/mol. The van der Waals surface area contributed by atoms with E-state index in [4.69, 9.17) is 15.3 Å². The van der Waals surface area contributed by atoms with Gasteiger partial charge in [-0.3, -0.25) is 24.2 Å². The van der Waals surface area contributed by atoms with Crippen molar-refractivity contribution in [2.45, 2.75) is 32.6 Å². The molecule has 0 radical (unpaired) electrons. The number of hydrogen-bond donors (Lipinski definition) is 3. The number of carbonyl (C=O) groups is 3. The fourth-order valence-electron chi connectivity index (χ4n) is 2.16. The highest BCUT2D eigenvalue weighted by molar-refractivity contribution is 5.72. The molecule has 0 saturated heterocycles. The van der Waals surface area contributed by atoms with Crippen molar-refractivity contribution in [3.63, 3.8) is 0 Å². The second-order valence-electron chi connectivity index (χ2n) is 5.17. The van der Waals surface area contributed by atoms with Crippen LogP contribution in [0.25, 0.3) is 0 Å². The Hall–Kier alpha value is -1.67. The molecule has 0 aliphatic heterocycles. The summed E-state index contributed by atoms with van der Waals surface area (Å²) >= 11 is 0. The van der Waals surface area contributed by atoms with Crippen molar-refractivity contribution in [3.05, 3.63) is 0 Å². The Morgan fingerprint density at radius 1 is 0.682 bits per heavy atom. The molecule has 22 heavy (non-hydrogen) atoms. The van der Waals surface area contributed by atoms with Crippen LogP contribution in [-0.4, -0.2) is 82.3 Å². The van der Waals surface area contributed by atoms with E-state index in [1.165, 1.54) is 4.90 Å². The smallest absolute Gasteiger partial charge is 0.317 e. The highest BCUT2D eigenvalue weighted by Gasteiger charge is 2.12. The fourth-order valence-corrected chi connectivity index (χ4v) is 2.16. The first kappa shape index (κ1) is 20.3. The summed E-state index contributed by atoms with van der Waals surface area (Å²) in [7, 11) is 0. The number of carboxylic acids is 3. The monoisotopic (exact) mass is 318 g/mol. The minimum absolute atomic E-state index is 0.0432. The van der Waals surface area contributed by atoms with Gasteiger partial charge in [0.2, 0.25) is 0 Å². The summed E-state index contributed by atoms with van der Waals surface area (Å²) in [5.74, 6) is -2.90. The van der Waals surface area contributed by atoms with E-state index in [1.54, 1.807) is 0 Å². The van der Waals surface area contributed by atoms with Crippen molar-refractivity contribution >= 4 is 17.9 Å². The lowest BCUT2D eigenvalue weighted by Gasteiger charge is -2.19. The van der Waals surface area contributed by atoms with Crippen LogP contribution in [0.15, 0.2) is 0 Å². The number of rotatable bonds is 14. The Kier molecular flexibility index (Phi) is 11.0. The Bertz CT molecular complexity index is 345. The largest absolute Gasteiger partial charge is 0.480 e. The molecule has 0 amide bonds. The zero-order valence-electron chi connectivity index (χ0n) is 13.0. The molecule has 0 atom stereocenters. The van der Waals surface area contributed by atoms with Gasteiger partial charge >= 0.3 is 17.9 Å². The first-order valence-corrected chi connectivity index (χ1v) is 7.45. The molecule has 0 heterocycles. The Balaban J connectivity index is 3.82. The van der Waals surface area contributed by atoms with Crippen LogP contribution in [0.5, 0.6) is 0 Å². The normalized spacial score (nSPS) is 11.0. The molecule has 0 spiro atoms. The lowest BCUT2D eigenvalue weighted by molar-refractivity contribution is -0.142. The molecule has 0 aliphatic rings. The molecule has 8 nitrogen and oxygen atoms in total. The van der Waals surface area contributed by atoms with Crippen molar-refractivity contribution in [2.24, 2.45) is 0 Å². The van der Waals surface area contributed by atoms with Crippen molar-refractivity contribution in [3.8, 4) is 0 Å². The van der Waals surface area contributed by atoms with Gasteiger partial charge in [-0.25, -0.2) is 0 Å². The second kappa shape index (κ2) is 11.9. The zero-order valence-corrected chi connectivity index (χ0v) is 13.0. The number of unbranched alkanes of at least 4 members (excludes halogenated alkanes) is 3. The van der Waals surface area contributed by atoms with Gasteiger partial charge in [0, 0.05) is 0 Å². The number of carboxylic acid groups (broad SMARTS) is 3. The fraction of sp³-hybridized carbons (Fsp3) is 0.786. The van der Waals surface area contributed by atoms with E-state index in [2.05, 4.69) is 0 Å². The Labute approximate surface area is 130 Å². The molecular weight excluding hydrogens is 292 g/mol. The van der Waals surface area contributed by atoms with Crippen LogP contribution in [0.3, 0.4) is 0 Å². The first-order chi connectivity index (χ1) is 10.3. The molecule has 128 valence electrons. The maximum Gasteiger partial charge on any atom is 0.317 e. The Morgan fingerprint density at radius 3 is 1.41 bits per heavy atom. The van der Waals surface area contributed by atoms with Crippen LogP contribution in [0.1, 0.15) is 32.6 Å². The molecule has 0 aromatic heterocycles. The van der Waals surface area contributed by atoms with Crippen LogP contribution in [0.4, 0.5) is 0 Å². The van der Waals surface area contributed by atoms with E-state index in [1.807, 2.05) is 11.8 Å². The van der Waals surface area contributed by atoms with Crippen molar-refractivity contribution in [2.75, 3.05) is 39.3 Å². The summed E-state index contributed by atoms with van der Waals surface area (Å²) in [6.07, 6.45) is 3.37. The summed E-state index contributed by atoms with van der Waals surface area (Å²) in [5, 5.41) is 26.1. The maximum atomic E-state index is 10.6. The predicted octanol–water partition coefficient (Wildman–Crippen LogP) is 0.425. The molecule has 0 aromatic carbocycles. The SMILES string of the molecule is CCN(CCCCCCN(CC(=O)O)CC(=O)O)CC(=O)O. The highest BCUT2D eigenvalue weighted by Crippen LogP contribution is 2.04. The number of aliphatic carboxylic acids is 3. The van der Waals surface area contributed by atoms with E-state index in [9.17, 15) is 14.4 Å². The van der Waals surface area contributed by atoms with E-state index < -0.39 is 17.9 Å². The van der Waals surface area contributed by atoms with Gasteiger partial charge in [-0.1, -0.05) is 19.8 Å². The molecule has 0 aromatic rings. The molecule has 8 heteroatoms. The third-order valence-corrected chi connectivity index (χ3v) is 3.22. The third kappa shape index (κ3) is 12.1. The average Bonchev–Trinajstić information content (AvgIpc) is 2.39. The number of likely N-dealkylation sites (N-methyl/N-ethyl adjacent to an activating group) is 1. The highest BCUT2D eigenvalue weighted by atomic mass is 16.4. The van der Waals surface area contributed by atoms with Gasteiger partial charge in [0.25, 0.3) is 0 Å². The predicted molar refractivity (Wildman–Crippen MR) is 79.9 cm³/mol. The minimum Gasteiger partial charge on any atom is -0.480 e. The summed E-state index contributed by atoms with van der Waals surface area (Å²) in [6.45, 7) is 3.27. The molecule has 3 N–H and O–H groups in total. The molecule has 0 aliphatic carbocycles. The lowest BCUT2D eigenvalue weighted by atomic mass is 10.1. The van der Waals surface area contributed by atoms with Crippen LogP contribution in [0, 0.1) is 0 Å². The van der Waals surface area contributed by atoms with Crippen LogP contribution < -0.4 is 0 Å². The van der Waals surface area contributed by atoms with Gasteiger partial charge in [0.05, 0.1) is 19.6 Å². The van der Waals surface area contributed by atoms with Crippen molar-refractivity contribution in [1.29, 1.82) is 0 Å². The van der Waals surface area contributed by atoms with Gasteiger partial charge in [-0.05, 0) is 32.5 Å². The first-order valence-electron chi connectivity index (χ1n) is 7.45. The minimum atomic E-state index is -1.03. The summed E-state index contributed by atoms with van der Waals surface area (Å²) in [6, 6.07) is 0. The molecular formula is C14H26N2O6.